The van der Waals surface area contributed by atoms with Crippen molar-refractivity contribution in [1.29, 1.82) is 0 Å². The van der Waals surface area contributed by atoms with Crippen LogP contribution in [-0.2, 0) is 0 Å². The van der Waals surface area contributed by atoms with Crippen molar-refractivity contribution in [3.63, 3.8) is 0 Å². The van der Waals surface area contributed by atoms with Crippen LogP contribution in [0.4, 0.5) is 0 Å². The van der Waals surface area contributed by atoms with Crippen LogP contribution in [0, 0.1) is 12.8 Å². The Labute approximate surface area is 113 Å². The van der Waals surface area contributed by atoms with Crippen molar-refractivity contribution in [1.82, 2.24) is 5.32 Å². The second kappa shape index (κ2) is 9.95. The molecular formula is C16H29NO. The van der Waals surface area contributed by atoms with Gasteiger partial charge in [-0.05, 0) is 38.4 Å². The Kier molecular flexibility index (Phi) is 9.39. The molecule has 0 aliphatic rings. The van der Waals surface area contributed by atoms with E-state index in [9.17, 15) is 0 Å². The van der Waals surface area contributed by atoms with Crippen molar-refractivity contribution in [2.24, 2.45) is 5.92 Å². The van der Waals surface area contributed by atoms with E-state index in [0.717, 1.165) is 18.8 Å². The fraction of sp³-hybridized carbons (Fsp3) is 0.625. The molecule has 18 heavy (non-hydrogen) atoms. The highest BCUT2D eigenvalue weighted by Crippen LogP contribution is 2.12. The van der Waals surface area contributed by atoms with E-state index in [1.165, 1.54) is 5.56 Å². The first-order chi connectivity index (χ1) is 8.45. The molecule has 0 aromatic heterocycles. The maximum atomic E-state index is 5.57. The number of benzene rings is 1. The molecule has 0 bridgehead atoms. The Morgan fingerprint density at radius 1 is 1.06 bits per heavy atom. The number of rotatable bonds is 5. The molecule has 0 radical (unpaired) electrons. The maximum absolute atomic E-state index is 5.57. The van der Waals surface area contributed by atoms with Crippen LogP contribution in [0.1, 0.15) is 39.7 Å². The van der Waals surface area contributed by atoms with Crippen LogP contribution in [0.25, 0.3) is 0 Å². The predicted molar refractivity (Wildman–Crippen MR) is 80.3 cm³/mol. The summed E-state index contributed by atoms with van der Waals surface area (Å²) in [5.74, 6) is 1.69. The third-order valence-corrected chi connectivity index (χ3v) is 2.56. The molecule has 2 nitrogen and oxygen atoms in total. The monoisotopic (exact) mass is 251 g/mol. The minimum absolute atomic E-state index is 0.634. The topological polar surface area (TPSA) is 21.3 Å². The normalized spacial score (nSPS) is 10.2. The second-order valence-electron chi connectivity index (χ2n) is 5.29. The first-order valence-corrected chi connectivity index (χ1v) is 6.82. The van der Waals surface area contributed by atoms with Crippen molar-refractivity contribution < 1.29 is 4.74 Å². The smallest absolute Gasteiger partial charge is 0.119 e. The standard InChI is InChI=1S/C12H18O.C4H11N/c1-10(2)8-9-13-12-6-4-11(3)5-7-12;1-4(2)5-3/h4-7,10H,8-9H2,1-3H3;4-5H,1-3H3. The molecule has 0 aliphatic heterocycles. The lowest BCUT2D eigenvalue weighted by Gasteiger charge is -2.07. The summed E-state index contributed by atoms with van der Waals surface area (Å²) in [6.07, 6.45) is 1.12. The minimum Gasteiger partial charge on any atom is -0.494 e. The Morgan fingerprint density at radius 2 is 1.56 bits per heavy atom. The van der Waals surface area contributed by atoms with Gasteiger partial charge >= 0.3 is 0 Å². The second-order valence-corrected chi connectivity index (χ2v) is 5.29. The summed E-state index contributed by atoms with van der Waals surface area (Å²) >= 11 is 0. The van der Waals surface area contributed by atoms with Crippen LogP contribution >= 0.6 is 0 Å². The number of ether oxygens (including phenoxy) is 1. The van der Waals surface area contributed by atoms with Gasteiger partial charge in [0.15, 0.2) is 0 Å². The molecule has 2 heteroatoms. The molecule has 0 amide bonds. The van der Waals surface area contributed by atoms with Gasteiger partial charge in [-0.2, -0.15) is 0 Å². The molecule has 0 spiro atoms. The van der Waals surface area contributed by atoms with Crippen LogP contribution < -0.4 is 10.1 Å². The number of hydrogen-bond acceptors (Lipinski definition) is 2. The van der Waals surface area contributed by atoms with Crippen molar-refractivity contribution in [3.8, 4) is 5.75 Å². The van der Waals surface area contributed by atoms with Crippen LogP contribution in [0.5, 0.6) is 5.75 Å². The van der Waals surface area contributed by atoms with E-state index in [2.05, 4.69) is 52.1 Å². The molecule has 0 atom stereocenters. The molecule has 1 aromatic rings. The minimum atomic E-state index is 0.634. The van der Waals surface area contributed by atoms with E-state index >= 15 is 0 Å². The quantitative estimate of drug-likeness (QED) is 0.853. The van der Waals surface area contributed by atoms with Gasteiger partial charge in [-0.15, -0.1) is 0 Å². The molecule has 0 heterocycles. The van der Waals surface area contributed by atoms with Crippen molar-refractivity contribution in [3.05, 3.63) is 29.8 Å². The molecule has 0 aliphatic carbocycles. The van der Waals surface area contributed by atoms with E-state index < -0.39 is 0 Å². The van der Waals surface area contributed by atoms with Gasteiger partial charge in [0.1, 0.15) is 5.75 Å². The fourth-order valence-corrected chi connectivity index (χ4v) is 1.05. The van der Waals surface area contributed by atoms with Gasteiger partial charge in [0.05, 0.1) is 6.61 Å². The third kappa shape index (κ3) is 10.2. The molecule has 1 N–H and O–H groups in total. The van der Waals surface area contributed by atoms with Crippen LogP contribution in [0.3, 0.4) is 0 Å². The maximum Gasteiger partial charge on any atom is 0.119 e. The molecular weight excluding hydrogens is 222 g/mol. The lowest BCUT2D eigenvalue weighted by molar-refractivity contribution is 0.289. The largest absolute Gasteiger partial charge is 0.494 e. The van der Waals surface area contributed by atoms with Gasteiger partial charge in [-0.3, -0.25) is 0 Å². The summed E-state index contributed by atoms with van der Waals surface area (Å²) < 4.78 is 5.57. The highest BCUT2D eigenvalue weighted by atomic mass is 16.5. The lowest BCUT2D eigenvalue weighted by atomic mass is 10.1. The zero-order chi connectivity index (χ0) is 14.0. The van der Waals surface area contributed by atoms with E-state index in [1.54, 1.807) is 0 Å². The van der Waals surface area contributed by atoms with E-state index in [4.69, 9.17) is 4.74 Å². The third-order valence-electron chi connectivity index (χ3n) is 2.56. The Hall–Kier alpha value is -1.02. The molecule has 104 valence electrons. The van der Waals surface area contributed by atoms with Crippen LogP contribution in [0.2, 0.25) is 0 Å². The first kappa shape index (κ1) is 17.0. The summed E-state index contributed by atoms with van der Waals surface area (Å²) in [7, 11) is 1.95. The molecule has 0 saturated carbocycles. The molecule has 0 fully saturated rings. The van der Waals surface area contributed by atoms with Gasteiger partial charge in [0, 0.05) is 6.04 Å². The molecule has 0 saturated heterocycles. The highest BCUT2D eigenvalue weighted by molar-refractivity contribution is 5.26. The summed E-state index contributed by atoms with van der Waals surface area (Å²) in [4.78, 5) is 0. The average Bonchev–Trinajstić information content (AvgIpc) is 2.32. The van der Waals surface area contributed by atoms with Gasteiger partial charge in [0.25, 0.3) is 0 Å². The van der Waals surface area contributed by atoms with Gasteiger partial charge in [0.2, 0.25) is 0 Å². The summed E-state index contributed by atoms with van der Waals surface area (Å²) in [6.45, 7) is 11.5. The molecule has 1 rings (SSSR count). The Morgan fingerprint density at radius 3 is 1.94 bits per heavy atom. The number of aryl methyl sites for hydroxylation is 1. The predicted octanol–water partition coefficient (Wildman–Crippen LogP) is 4.03. The van der Waals surface area contributed by atoms with Crippen molar-refractivity contribution >= 4 is 0 Å². The number of nitrogens with one attached hydrogen (secondary N) is 1. The zero-order valence-corrected chi connectivity index (χ0v) is 12.8. The SMILES string of the molecule is CNC(C)C.Cc1ccc(OCCC(C)C)cc1. The summed E-state index contributed by atoms with van der Waals surface area (Å²) in [5.41, 5.74) is 1.27. The van der Waals surface area contributed by atoms with Crippen LogP contribution in [-0.4, -0.2) is 19.7 Å². The lowest BCUT2D eigenvalue weighted by Crippen LogP contribution is -2.15. The summed E-state index contributed by atoms with van der Waals surface area (Å²) in [6, 6.07) is 8.83. The van der Waals surface area contributed by atoms with E-state index in [-0.39, 0.29) is 0 Å². The number of hydrogen-bond donors (Lipinski definition) is 1. The van der Waals surface area contributed by atoms with Gasteiger partial charge in [-0.25, -0.2) is 0 Å². The van der Waals surface area contributed by atoms with Crippen molar-refractivity contribution in [2.75, 3.05) is 13.7 Å². The Balaban J connectivity index is 0.000000494. The average molecular weight is 251 g/mol. The van der Waals surface area contributed by atoms with Crippen LogP contribution in [0.15, 0.2) is 24.3 Å². The molecule has 0 unspecified atom stereocenters. The Bertz CT molecular complexity index is 290. The van der Waals surface area contributed by atoms with Gasteiger partial charge in [-0.1, -0.05) is 45.4 Å². The molecule has 1 aromatic carbocycles. The van der Waals surface area contributed by atoms with E-state index in [1.807, 2.05) is 19.2 Å². The fourth-order valence-electron chi connectivity index (χ4n) is 1.05. The highest BCUT2D eigenvalue weighted by Gasteiger charge is 1.95. The van der Waals surface area contributed by atoms with E-state index in [0.29, 0.717) is 12.0 Å². The summed E-state index contributed by atoms with van der Waals surface area (Å²) in [5, 5.41) is 3.03. The van der Waals surface area contributed by atoms with Gasteiger partial charge < -0.3 is 10.1 Å². The van der Waals surface area contributed by atoms with Crippen molar-refractivity contribution in [2.45, 2.75) is 47.1 Å². The zero-order valence-electron chi connectivity index (χ0n) is 12.8. The first-order valence-electron chi connectivity index (χ1n) is 6.82.